The summed E-state index contributed by atoms with van der Waals surface area (Å²) < 4.78 is 13.5. The molecule has 1 aromatic heterocycles. The third kappa shape index (κ3) is 2.41. The van der Waals surface area contributed by atoms with Gasteiger partial charge in [-0.1, -0.05) is 0 Å². The van der Waals surface area contributed by atoms with E-state index in [1.165, 1.54) is 6.07 Å². The second kappa shape index (κ2) is 4.93. The van der Waals surface area contributed by atoms with Gasteiger partial charge in [-0.05, 0) is 41.1 Å². The number of thiazole rings is 1. The summed E-state index contributed by atoms with van der Waals surface area (Å²) in [7, 11) is 0. The zero-order chi connectivity index (χ0) is 11.5. The first-order valence-electron chi connectivity index (χ1n) is 4.85. The molecule has 0 spiro atoms. The van der Waals surface area contributed by atoms with Gasteiger partial charge in [-0.3, -0.25) is 0 Å². The van der Waals surface area contributed by atoms with Crippen LogP contribution in [0.3, 0.4) is 0 Å². The molecule has 0 saturated carbocycles. The lowest BCUT2D eigenvalue weighted by Gasteiger charge is -1.99. The molecule has 2 aromatic rings. The van der Waals surface area contributed by atoms with Gasteiger partial charge in [-0.15, -0.1) is 11.3 Å². The molecule has 0 amide bonds. The zero-order valence-electron chi connectivity index (χ0n) is 8.63. The van der Waals surface area contributed by atoms with Crippen molar-refractivity contribution in [2.75, 3.05) is 11.9 Å². The number of nitrogens with one attached hydrogen (secondary N) is 1. The molecular weight excluding hydrogens is 291 g/mol. The van der Waals surface area contributed by atoms with Gasteiger partial charge >= 0.3 is 0 Å². The monoisotopic (exact) mass is 300 g/mol. The fraction of sp³-hybridized carbons (Fsp3) is 0.182. The molecule has 0 aliphatic carbocycles. The van der Waals surface area contributed by atoms with Crippen molar-refractivity contribution in [2.24, 2.45) is 0 Å². The van der Waals surface area contributed by atoms with Crippen LogP contribution in [-0.2, 0) is 0 Å². The summed E-state index contributed by atoms with van der Waals surface area (Å²) in [6.07, 6.45) is 0. The lowest BCUT2D eigenvalue weighted by Crippen LogP contribution is -1.95. The van der Waals surface area contributed by atoms with Crippen LogP contribution >= 0.6 is 27.3 Å². The van der Waals surface area contributed by atoms with Crippen molar-refractivity contribution in [3.05, 3.63) is 33.9 Å². The Labute approximate surface area is 106 Å². The summed E-state index contributed by atoms with van der Waals surface area (Å²) in [5.74, 6) is -0.258. The average molecular weight is 301 g/mol. The minimum absolute atomic E-state index is 0.258. The average Bonchev–Trinajstić information content (AvgIpc) is 2.71. The van der Waals surface area contributed by atoms with Crippen molar-refractivity contribution in [3.63, 3.8) is 0 Å². The van der Waals surface area contributed by atoms with Crippen LogP contribution < -0.4 is 5.32 Å². The van der Waals surface area contributed by atoms with Crippen LogP contribution in [0.4, 0.5) is 9.52 Å². The van der Waals surface area contributed by atoms with E-state index in [0.717, 1.165) is 22.9 Å². The molecule has 0 unspecified atom stereocenters. The predicted octanol–water partition coefficient (Wildman–Crippen LogP) is 4.14. The first-order chi connectivity index (χ1) is 7.70. The highest BCUT2D eigenvalue weighted by atomic mass is 79.9. The summed E-state index contributed by atoms with van der Waals surface area (Å²) in [5.41, 5.74) is 1.77. The lowest BCUT2D eigenvalue weighted by molar-refractivity contribution is 0.621. The first kappa shape index (κ1) is 11.5. The van der Waals surface area contributed by atoms with E-state index in [0.29, 0.717) is 4.47 Å². The molecule has 0 aliphatic rings. The smallest absolute Gasteiger partial charge is 0.183 e. The largest absolute Gasteiger partial charge is 0.362 e. The molecule has 16 heavy (non-hydrogen) atoms. The number of anilines is 1. The predicted molar refractivity (Wildman–Crippen MR) is 69.4 cm³/mol. The number of rotatable bonds is 3. The minimum atomic E-state index is -0.258. The highest BCUT2D eigenvalue weighted by Crippen LogP contribution is 2.28. The normalized spacial score (nSPS) is 10.4. The van der Waals surface area contributed by atoms with Crippen LogP contribution in [0.5, 0.6) is 0 Å². The summed E-state index contributed by atoms with van der Waals surface area (Å²) in [6, 6.07) is 4.90. The number of hydrogen-bond donors (Lipinski definition) is 1. The quantitative estimate of drug-likeness (QED) is 0.921. The second-order valence-electron chi connectivity index (χ2n) is 3.20. The van der Waals surface area contributed by atoms with E-state index in [2.05, 4.69) is 26.2 Å². The molecule has 1 N–H and O–H groups in total. The highest BCUT2D eigenvalue weighted by Gasteiger charge is 2.06. The van der Waals surface area contributed by atoms with Crippen molar-refractivity contribution >= 4 is 32.4 Å². The Bertz CT molecular complexity index is 498. The second-order valence-corrected chi connectivity index (χ2v) is 4.91. The molecule has 0 fully saturated rings. The van der Waals surface area contributed by atoms with Crippen LogP contribution in [0, 0.1) is 5.82 Å². The standard InChI is InChI=1S/C11H10BrFN2S/c1-2-14-11-15-10(6-16-11)7-3-4-9(13)8(12)5-7/h3-6H,2H2,1H3,(H,14,15). The summed E-state index contributed by atoms with van der Waals surface area (Å²) in [4.78, 5) is 4.41. The van der Waals surface area contributed by atoms with Gasteiger partial charge in [-0.25, -0.2) is 9.37 Å². The van der Waals surface area contributed by atoms with Gasteiger partial charge in [-0.2, -0.15) is 0 Å². The number of nitrogens with zero attached hydrogens (tertiary/aromatic N) is 1. The Balaban J connectivity index is 2.31. The van der Waals surface area contributed by atoms with Gasteiger partial charge in [0.2, 0.25) is 0 Å². The van der Waals surface area contributed by atoms with Crippen LogP contribution in [0.2, 0.25) is 0 Å². The van der Waals surface area contributed by atoms with Gasteiger partial charge in [0.25, 0.3) is 0 Å². The van der Waals surface area contributed by atoms with E-state index in [4.69, 9.17) is 0 Å². The van der Waals surface area contributed by atoms with E-state index in [9.17, 15) is 4.39 Å². The Hall–Kier alpha value is -0.940. The Morgan fingerprint density at radius 2 is 2.31 bits per heavy atom. The van der Waals surface area contributed by atoms with E-state index in [1.807, 2.05) is 12.3 Å². The number of halogens is 2. The molecule has 2 nitrogen and oxygen atoms in total. The van der Waals surface area contributed by atoms with Gasteiger partial charge < -0.3 is 5.32 Å². The van der Waals surface area contributed by atoms with Gasteiger partial charge in [0.1, 0.15) is 5.82 Å². The molecule has 2 rings (SSSR count). The summed E-state index contributed by atoms with van der Waals surface area (Å²) in [5, 5.41) is 5.99. The van der Waals surface area contributed by atoms with Crippen molar-refractivity contribution in [1.82, 2.24) is 4.98 Å². The Kier molecular flexibility index (Phi) is 3.56. The van der Waals surface area contributed by atoms with Crippen molar-refractivity contribution in [2.45, 2.75) is 6.92 Å². The van der Waals surface area contributed by atoms with Crippen molar-refractivity contribution in [1.29, 1.82) is 0 Å². The van der Waals surface area contributed by atoms with E-state index in [1.54, 1.807) is 23.5 Å². The van der Waals surface area contributed by atoms with Crippen LogP contribution in [0.25, 0.3) is 11.3 Å². The molecule has 0 radical (unpaired) electrons. The number of benzene rings is 1. The fourth-order valence-electron chi connectivity index (χ4n) is 1.29. The van der Waals surface area contributed by atoms with Crippen LogP contribution in [-0.4, -0.2) is 11.5 Å². The van der Waals surface area contributed by atoms with Crippen LogP contribution in [0.15, 0.2) is 28.1 Å². The molecule has 0 atom stereocenters. The van der Waals surface area contributed by atoms with Gasteiger partial charge in [0.15, 0.2) is 5.13 Å². The molecule has 1 heterocycles. The van der Waals surface area contributed by atoms with Gasteiger partial charge in [0, 0.05) is 17.5 Å². The van der Waals surface area contributed by atoms with Crippen molar-refractivity contribution < 1.29 is 4.39 Å². The van der Waals surface area contributed by atoms with Crippen LogP contribution in [0.1, 0.15) is 6.92 Å². The highest BCUT2D eigenvalue weighted by molar-refractivity contribution is 9.10. The number of aromatic nitrogens is 1. The topological polar surface area (TPSA) is 24.9 Å². The third-order valence-electron chi connectivity index (χ3n) is 2.05. The van der Waals surface area contributed by atoms with Crippen molar-refractivity contribution in [3.8, 4) is 11.3 Å². The lowest BCUT2D eigenvalue weighted by atomic mass is 10.2. The first-order valence-corrected chi connectivity index (χ1v) is 6.53. The Morgan fingerprint density at radius 3 is 3.00 bits per heavy atom. The molecular formula is C11H10BrFN2S. The SMILES string of the molecule is CCNc1nc(-c2ccc(F)c(Br)c2)cs1. The third-order valence-corrected chi connectivity index (χ3v) is 3.46. The maximum Gasteiger partial charge on any atom is 0.183 e. The van der Waals surface area contributed by atoms with E-state index >= 15 is 0 Å². The summed E-state index contributed by atoms with van der Waals surface area (Å²) in [6.45, 7) is 2.87. The molecule has 84 valence electrons. The van der Waals surface area contributed by atoms with E-state index < -0.39 is 0 Å². The maximum atomic E-state index is 13.1. The molecule has 1 aromatic carbocycles. The minimum Gasteiger partial charge on any atom is -0.362 e. The molecule has 5 heteroatoms. The fourth-order valence-corrected chi connectivity index (χ4v) is 2.46. The maximum absolute atomic E-state index is 13.1. The zero-order valence-corrected chi connectivity index (χ0v) is 11.0. The van der Waals surface area contributed by atoms with E-state index in [-0.39, 0.29) is 5.82 Å². The molecule has 0 bridgehead atoms. The molecule has 0 aliphatic heterocycles. The van der Waals surface area contributed by atoms with Gasteiger partial charge in [0.05, 0.1) is 10.2 Å². The Morgan fingerprint density at radius 1 is 1.50 bits per heavy atom. The number of hydrogen-bond acceptors (Lipinski definition) is 3. The summed E-state index contributed by atoms with van der Waals surface area (Å²) >= 11 is 4.71. The molecule has 0 saturated heterocycles.